The smallest absolute Gasteiger partial charge is 0.147 e. The second-order valence-electron chi connectivity index (χ2n) is 8.97. The van der Waals surface area contributed by atoms with Gasteiger partial charge in [0.15, 0.2) is 0 Å². The van der Waals surface area contributed by atoms with Gasteiger partial charge in [0.2, 0.25) is 0 Å². The van der Waals surface area contributed by atoms with E-state index in [-0.39, 0.29) is 6.04 Å². The molecule has 1 aromatic carbocycles. The summed E-state index contributed by atoms with van der Waals surface area (Å²) in [6, 6.07) is 14.8. The monoisotopic (exact) mass is 478 g/mol. The lowest BCUT2D eigenvalue weighted by molar-refractivity contribution is 0.514. The molecule has 0 unspecified atom stereocenters. The Morgan fingerprint density at radius 2 is 1.89 bits per heavy atom. The maximum absolute atomic E-state index is 5.94. The van der Waals surface area contributed by atoms with E-state index in [1.165, 1.54) is 4.88 Å². The van der Waals surface area contributed by atoms with E-state index < -0.39 is 0 Å². The van der Waals surface area contributed by atoms with Crippen molar-refractivity contribution in [3.05, 3.63) is 65.9 Å². The number of aryl methyl sites for hydroxylation is 1. The molecule has 0 radical (unpaired) electrons. The molecule has 0 amide bonds. The van der Waals surface area contributed by atoms with Gasteiger partial charge in [0, 0.05) is 52.1 Å². The van der Waals surface area contributed by atoms with Crippen molar-refractivity contribution < 1.29 is 0 Å². The number of nitrogens with one attached hydrogen (secondary N) is 2. The van der Waals surface area contributed by atoms with E-state index >= 15 is 0 Å². The molecular formula is C26H22N8S. The van der Waals surface area contributed by atoms with Crippen molar-refractivity contribution in [2.24, 2.45) is 5.73 Å². The number of H-pyrrole nitrogens is 2. The number of thiophene rings is 1. The van der Waals surface area contributed by atoms with E-state index in [9.17, 15) is 0 Å². The molecule has 35 heavy (non-hydrogen) atoms. The van der Waals surface area contributed by atoms with Crippen LogP contribution in [0.2, 0.25) is 0 Å². The van der Waals surface area contributed by atoms with E-state index in [1.807, 2.05) is 24.4 Å². The zero-order valence-electron chi connectivity index (χ0n) is 19.0. The Bertz CT molecular complexity index is 1710. The molecule has 8 nitrogen and oxygen atoms in total. The van der Waals surface area contributed by atoms with Crippen molar-refractivity contribution in [2.45, 2.75) is 13.0 Å². The van der Waals surface area contributed by atoms with Gasteiger partial charge in [-0.2, -0.15) is 5.10 Å². The summed E-state index contributed by atoms with van der Waals surface area (Å²) in [7, 11) is 0. The van der Waals surface area contributed by atoms with Gasteiger partial charge in [-0.3, -0.25) is 15.1 Å². The predicted molar refractivity (Wildman–Crippen MR) is 140 cm³/mol. The van der Waals surface area contributed by atoms with Gasteiger partial charge in [0.1, 0.15) is 11.5 Å². The first-order valence-electron chi connectivity index (χ1n) is 11.5. The number of aromatic amines is 2. The summed E-state index contributed by atoms with van der Waals surface area (Å²) < 4.78 is 0. The van der Waals surface area contributed by atoms with E-state index in [0.717, 1.165) is 73.9 Å². The summed E-state index contributed by atoms with van der Waals surface area (Å²) in [5, 5.41) is 9.92. The van der Waals surface area contributed by atoms with Gasteiger partial charge in [-0.25, -0.2) is 4.98 Å². The Hall–Kier alpha value is -4.08. The molecule has 4 N–H and O–H groups in total. The Morgan fingerprint density at radius 3 is 2.71 bits per heavy atom. The largest absolute Gasteiger partial charge is 0.353 e. The molecule has 6 heterocycles. The lowest BCUT2D eigenvalue weighted by atomic mass is 10.1. The first-order valence-corrected chi connectivity index (χ1v) is 12.3. The number of fused-ring (bicyclic) bond motifs is 2. The van der Waals surface area contributed by atoms with Crippen LogP contribution in [-0.2, 0) is 0 Å². The lowest BCUT2D eigenvalue weighted by Gasteiger charge is -2.37. The van der Waals surface area contributed by atoms with E-state index in [2.05, 4.69) is 61.2 Å². The zero-order valence-corrected chi connectivity index (χ0v) is 19.8. The number of rotatable bonds is 4. The van der Waals surface area contributed by atoms with Crippen molar-refractivity contribution in [1.82, 2.24) is 30.1 Å². The maximum atomic E-state index is 5.94. The van der Waals surface area contributed by atoms with Crippen molar-refractivity contribution in [2.75, 3.05) is 18.0 Å². The highest BCUT2D eigenvalue weighted by Gasteiger charge is 2.24. The number of pyridine rings is 1. The van der Waals surface area contributed by atoms with Crippen molar-refractivity contribution >= 4 is 39.0 Å². The number of anilines is 1. The van der Waals surface area contributed by atoms with Gasteiger partial charge < -0.3 is 15.6 Å². The number of aromatic nitrogens is 6. The summed E-state index contributed by atoms with van der Waals surface area (Å²) in [5.74, 6) is 0.858. The lowest BCUT2D eigenvalue weighted by Crippen LogP contribution is -2.56. The van der Waals surface area contributed by atoms with Crippen LogP contribution in [0.15, 0.2) is 61.1 Å². The van der Waals surface area contributed by atoms with Crippen LogP contribution in [0.3, 0.4) is 0 Å². The van der Waals surface area contributed by atoms with Crippen LogP contribution in [0, 0.1) is 6.92 Å². The van der Waals surface area contributed by atoms with Gasteiger partial charge in [-0.15, -0.1) is 11.3 Å². The van der Waals surface area contributed by atoms with Crippen molar-refractivity contribution in [3.63, 3.8) is 0 Å². The first-order chi connectivity index (χ1) is 17.1. The van der Waals surface area contributed by atoms with Gasteiger partial charge in [-0.1, -0.05) is 6.07 Å². The van der Waals surface area contributed by atoms with E-state index in [1.54, 1.807) is 23.7 Å². The van der Waals surface area contributed by atoms with Crippen LogP contribution in [-0.4, -0.2) is 49.3 Å². The molecule has 9 heteroatoms. The molecule has 5 aromatic heterocycles. The third kappa shape index (κ3) is 3.39. The SMILES string of the molecule is Cc1ccc(-c2nccc3[nH]c(-c4n[nH]c5ccc(-c6cncc(N7CC(N)C7)n6)cc45)cc23)s1. The minimum Gasteiger partial charge on any atom is -0.353 e. The predicted octanol–water partition coefficient (Wildman–Crippen LogP) is 4.75. The average molecular weight is 479 g/mol. The Kier molecular flexibility index (Phi) is 4.48. The number of hydrogen-bond acceptors (Lipinski definition) is 7. The van der Waals surface area contributed by atoms with Gasteiger partial charge in [0.25, 0.3) is 0 Å². The molecule has 0 bridgehead atoms. The van der Waals surface area contributed by atoms with Crippen molar-refractivity contribution in [1.29, 1.82) is 0 Å². The summed E-state index contributed by atoms with van der Waals surface area (Å²) in [5.41, 5.74) is 12.6. The zero-order chi connectivity index (χ0) is 23.5. The van der Waals surface area contributed by atoms with Crippen LogP contribution in [0.1, 0.15) is 4.88 Å². The molecule has 1 saturated heterocycles. The fourth-order valence-corrected chi connectivity index (χ4v) is 5.54. The van der Waals surface area contributed by atoms with Gasteiger partial charge >= 0.3 is 0 Å². The highest BCUT2D eigenvalue weighted by atomic mass is 32.1. The second kappa shape index (κ2) is 7.72. The van der Waals surface area contributed by atoms with Crippen LogP contribution >= 0.6 is 11.3 Å². The summed E-state index contributed by atoms with van der Waals surface area (Å²) in [6.45, 7) is 3.74. The Labute approximate surface area is 204 Å². The molecule has 6 aromatic rings. The molecule has 0 aliphatic carbocycles. The number of nitrogens with two attached hydrogens (primary N) is 1. The Balaban J connectivity index is 1.31. The molecular weight excluding hydrogens is 456 g/mol. The van der Waals surface area contributed by atoms with Gasteiger partial charge in [-0.05, 0) is 43.3 Å². The minimum atomic E-state index is 0.209. The molecule has 1 fully saturated rings. The quantitative estimate of drug-likeness (QED) is 0.337. The molecule has 0 atom stereocenters. The van der Waals surface area contributed by atoms with E-state index in [0.29, 0.717) is 0 Å². The fraction of sp³-hybridized carbons (Fsp3) is 0.154. The van der Waals surface area contributed by atoms with Crippen LogP contribution in [0.4, 0.5) is 5.82 Å². The fourth-order valence-electron chi connectivity index (χ4n) is 4.67. The third-order valence-corrected chi connectivity index (χ3v) is 7.50. The minimum absolute atomic E-state index is 0.209. The third-order valence-electron chi connectivity index (χ3n) is 6.49. The van der Waals surface area contributed by atoms with Gasteiger partial charge in [0.05, 0.1) is 39.9 Å². The molecule has 7 rings (SSSR count). The molecule has 1 aliphatic rings. The molecule has 0 spiro atoms. The summed E-state index contributed by atoms with van der Waals surface area (Å²) >= 11 is 1.75. The number of hydrogen-bond donors (Lipinski definition) is 3. The molecule has 172 valence electrons. The topological polar surface area (TPSA) is 112 Å². The highest BCUT2D eigenvalue weighted by molar-refractivity contribution is 7.15. The summed E-state index contributed by atoms with van der Waals surface area (Å²) in [4.78, 5) is 22.1. The van der Waals surface area contributed by atoms with Crippen LogP contribution in [0.25, 0.3) is 55.0 Å². The average Bonchev–Trinajstić information content (AvgIpc) is 3.59. The maximum Gasteiger partial charge on any atom is 0.147 e. The van der Waals surface area contributed by atoms with Crippen LogP contribution < -0.4 is 10.6 Å². The standard InChI is InChI=1S/C26H22N8S/c1-14-2-5-23(35-14)26-18-9-21(30-19(18)6-7-29-26)25-17-8-15(3-4-20(17)32-33-25)22-10-28-11-24(31-22)34-12-16(27)13-34/h2-11,16,30H,12-13,27H2,1H3,(H,32,33). The first kappa shape index (κ1) is 20.3. The normalized spacial score (nSPS) is 14.2. The number of nitrogens with zero attached hydrogens (tertiary/aromatic N) is 5. The van der Waals surface area contributed by atoms with Crippen molar-refractivity contribution in [3.8, 4) is 33.2 Å². The molecule has 1 aliphatic heterocycles. The Morgan fingerprint density at radius 1 is 1.00 bits per heavy atom. The van der Waals surface area contributed by atoms with E-state index in [4.69, 9.17) is 10.7 Å². The van der Waals surface area contributed by atoms with Crippen LogP contribution in [0.5, 0.6) is 0 Å². The number of benzene rings is 1. The second-order valence-corrected chi connectivity index (χ2v) is 10.3. The summed E-state index contributed by atoms with van der Waals surface area (Å²) in [6.07, 6.45) is 5.45. The highest BCUT2D eigenvalue weighted by Crippen LogP contribution is 2.36. The molecule has 0 saturated carbocycles.